The first-order valence-corrected chi connectivity index (χ1v) is 12.2. The number of rotatable bonds is 7. The Labute approximate surface area is 221 Å². The Kier molecular flexibility index (Phi) is 8.50. The molecule has 0 amide bonds. The number of halogens is 5. The summed E-state index contributed by atoms with van der Waals surface area (Å²) in [6.45, 7) is -1.82. The van der Waals surface area contributed by atoms with E-state index in [2.05, 4.69) is 20.0 Å². The second kappa shape index (κ2) is 11.6. The van der Waals surface area contributed by atoms with Crippen molar-refractivity contribution in [3.8, 4) is 0 Å². The van der Waals surface area contributed by atoms with Gasteiger partial charge in [-0.15, -0.1) is 11.3 Å². The van der Waals surface area contributed by atoms with Crippen LogP contribution >= 0.6 is 22.9 Å². The van der Waals surface area contributed by atoms with Gasteiger partial charge in [-0.3, -0.25) is 9.89 Å². The number of hydrogen-bond donors (Lipinski definition) is 2. The number of amidine groups is 1. The van der Waals surface area contributed by atoms with Gasteiger partial charge in [0, 0.05) is 40.9 Å². The third-order valence-corrected chi connectivity index (χ3v) is 6.50. The predicted octanol–water partition coefficient (Wildman–Crippen LogP) is 3.74. The molecule has 204 valence electrons. The molecular formula is C22H19ClF4N4O6S. The lowest BCUT2D eigenvalue weighted by Crippen LogP contribution is -2.50. The number of carbonyl (C=O) groups excluding carboxylic acids is 1. The predicted molar refractivity (Wildman–Crippen MR) is 125 cm³/mol. The Morgan fingerprint density at radius 3 is 2.79 bits per heavy atom. The number of morpholine rings is 1. The summed E-state index contributed by atoms with van der Waals surface area (Å²) in [5.41, 5.74) is -0.160. The van der Waals surface area contributed by atoms with Crippen molar-refractivity contribution in [2.75, 3.05) is 32.9 Å². The number of aromatic nitrogens is 1. The average molecular weight is 579 g/mol. The van der Waals surface area contributed by atoms with E-state index < -0.39 is 43.0 Å². The minimum absolute atomic E-state index is 0.0451. The van der Waals surface area contributed by atoms with Crippen molar-refractivity contribution in [3.05, 3.63) is 62.5 Å². The van der Waals surface area contributed by atoms with E-state index in [4.69, 9.17) is 26.2 Å². The number of esters is 1. The van der Waals surface area contributed by atoms with Crippen LogP contribution in [0.3, 0.4) is 0 Å². The highest BCUT2D eigenvalue weighted by Crippen LogP contribution is 2.37. The zero-order valence-corrected chi connectivity index (χ0v) is 20.8. The number of benzene rings is 1. The number of carboxylic acid groups (broad SMARTS) is 1. The number of hydrogen-bond acceptors (Lipinski definition) is 10. The molecule has 1 saturated heterocycles. The molecule has 2 atom stereocenters. The Morgan fingerprint density at radius 2 is 2.13 bits per heavy atom. The van der Waals surface area contributed by atoms with Gasteiger partial charge in [-0.2, -0.15) is 13.2 Å². The molecule has 0 bridgehead atoms. The molecule has 0 unspecified atom stereocenters. The van der Waals surface area contributed by atoms with Crippen LogP contribution in [0.2, 0.25) is 5.02 Å². The average Bonchev–Trinajstić information content (AvgIpc) is 3.38. The van der Waals surface area contributed by atoms with E-state index in [0.29, 0.717) is 5.01 Å². The summed E-state index contributed by atoms with van der Waals surface area (Å²) in [5.74, 6) is -1.86. The molecule has 2 N–H and O–H groups in total. The van der Waals surface area contributed by atoms with Crippen LogP contribution in [-0.2, 0) is 19.0 Å². The van der Waals surface area contributed by atoms with Crippen molar-refractivity contribution in [3.63, 3.8) is 0 Å². The molecule has 3 heterocycles. The summed E-state index contributed by atoms with van der Waals surface area (Å²) in [4.78, 5) is 34.5. The number of carbonyl (C=O) groups is 2. The molecule has 16 heteroatoms. The first-order chi connectivity index (χ1) is 18.0. The van der Waals surface area contributed by atoms with Gasteiger partial charge in [-0.25, -0.2) is 19.0 Å². The molecular weight excluding hydrogens is 560 g/mol. The van der Waals surface area contributed by atoms with Crippen LogP contribution in [0, 0.1) is 5.82 Å². The number of aliphatic imine (C=N–C) groups is 1. The Balaban J connectivity index is 1.81. The topological polar surface area (TPSA) is 123 Å². The molecule has 1 fully saturated rings. The minimum atomic E-state index is -4.80. The van der Waals surface area contributed by atoms with Gasteiger partial charge in [0.1, 0.15) is 11.9 Å². The van der Waals surface area contributed by atoms with Crippen molar-refractivity contribution >= 4 is 40.9 Å². The summed E-state index contributed by atoms with van der Waals surface area (Å²) in [5, 5.41) is 13.9. The number of thiazole rings is 1. The maximum Gasteiger partial charge on any atom is 0.507 e. The van der Waals surface area contributed by atoms with E-state index >= 15 is 0 Å². The summed E-state index contributed by atoms with van der Waals surface area (Å²) >= 11 is 7.46. The van der Waals surface area contributed by atoms with Crippen molar-refractivity contribution < 1.29 is 46.5 Å². The highest BCUT2D eigenvalue weighted by atomic mass is 35.5. The molecule has 2 aliphatic heterocycles. The van der Waals surface area contributed by atoms with E-state index in [1.165, 1.54) is 28.5 Å². The zero-order chi connectivity index (χ0) is 27.4. The minimum Gasteiger partial charge on any atom is -0.453 e. The highest BCUT2D eigenvalue weighted by molar-refractivity contribution is 7.11. The third kappa shape index (κ3) is 6.78. The number of nitrogens with one attached hydrogen (secondary N) is 1. The Hall–Kier alpha value is -3.27. The second-order valence-electron chi connectivity index (χ2n) is 7.98. The molecule has 0 aliphatic carbocycles. The number of alkyl halides is 3. The quantitative estimate of drug-likeness (QED) is 0.374. The largest absolute Gasteiger partial charge is 0.507 e. The SMILES string of the molecule is O=C(O)O[C@H]1COCCN1CC1=C(C(=O)OCC(F)(F)F)[C@H](c2ccc(F)cc2Cl)N=C(c2nccs2)N1. The van der Waals surface area contributed by atoms with Gasteiger partial charge in [0.15, 0.2) is 23.7 Å². The summed E-state index contributed by atoms with van der Waals surface area (Å²) in [6.07, 6.45) is -5.94. The van der Waals surface area contributed by atoms with Crippen LogP contribution in [-0.4, -0.2) is 78.3 Å². The number of ether oxygens (including phenoxy) is 3. The number of nitrogens with zero attached hydrogens (tertiary/aromatic N) is 3. The van der Waals surface area contributed by atoms with Gasteiger partial charge in [-0.1, -0.05) is 17.7 Å². The first kappa shape index (κ1) is 27.8. The molecule has 2 aliphatic rings. The summed E-state index contributed by atoms with van der Waals surface area (Å²) in [7, 11) is 0. The van der Waals surface area contributed by atoms with Gasteiger partial charge in [0.05, 0.1) is 18.8 Å². The van der Waals surface area contributed by atoms with Crippen molar-refractivity contribution in [2.24, 2.45) is 4.99 Å². The first-order valence-electron chi connectivity index (χ1n) is 10.9. The summed E-state index contributed by atoms with van der Waals surface area (Å²) < 4.78 is 67.2. The van der Waals surface area contributed by atoms with Crippen LogP contribution in [0.4, 0.5) is 22.4 Å². The van der Waals surface area contributed by atoms with E-state index in [-0.39, 0.29) is 54.0 Å². The highest BCUT2D eigenvalue weighted by Gasteiger charge is 2.38. The summed E-state index contributed by atoms with van der Waals surface area (Å²) in [6, 6.07) is 2.00. The maximum absolute atomic E-state index is 13.8. The van der Waals surface area contributed by atoms with Gasteiger partial charge in [-0.05, 0) is 12.1 Å². The fourth-order valence-corrected chi connectivity index (χ4v) is 4.67. The van der Waals surface area contributed by atoms with Crippen molar-refractivity contribution in [1.82, 2.24) is 15.2 Å². The third-order valence-electron chi connectivity index (χ3n) is 5.39. The molecule has 1 aromatic heterocycles. The van der Waals surface area contributed by atoms with Gasteiger partial charge >= 0.3 is 18.3 Å². The second-order valence-corrected chi connectivity index (χ2v) is 9.28. The maximum atomic E-state index is 13.8. The molecule has 2 aromatic rings. The van der Waals surface area contributed by atoms with Crippen molar-refractivity contribution in [1.29, 1.82) is 0 Å². The van der Waals surface area contributed by atoms with E-state index in [1.807, 2.05) is 0 Å². The molecule has 1 aromatic carbocycles. The van der Waals surface area contributed by atoms with Gasteiger partial charge in [0.2, 0.25) is 0 Å². The molecule has 0 spiro atoms. The van der Waals surface area contributed by atoms with Crippen molar-refractivity contribution in [2.45, 2.75) is 18.4 Å². The van der Waals surface area contributed by atoms with Crippen LogP contribution in [0.1, 0.15) is 16.6 Å². The fraction of sp³-hybridized carbons (Fsp3) is 0.364. The molecule has 10 nitrogen and oxygen atoms in total. The smallest absolute Gasteiger partial charge is 0.453 e. The van der Waals surface area contributed by atoms with E-state index in [9.17, 15) is 27.2 Å². The van der Waals surface area contributed by atoms with Gasteiger partial charge in [0.25, 0.3) is 0 Å². The van der Waals surface area contributed by atoms with Crippen LogP contribution < -0.4 is 5.32 Å². The van der Waals surface area contributed by atoms with E-state index in [0.717, 1.165) is 12.1 Å². The lowest BCUT2D eigenvalue weighted by Gasteiger charge is -2.36. The molecule has 0 saturated carbocycles. The monoisotopic (exact) mass is 578 g/mol. The van der Waals surface area contributed by atoms with E-state index in [1.54, 1.807) is 5.38 Å². The Bertz CT molecular complexity index is 1260. The molecule has 38 heavy (non-hydrogen) atoms. The fourth-order valence-electron chi connectivity index (χ4n) is 3.81. The van der Waals surface area contributed by atoms with Crippen LogP contribution in [0.15, 0.2) is 46.0 Å². The molecule has 0 radical (unpaired) electrons. The normalized spacial score (nSPS) is 20.5. The van der Waals surface area contributed by atoms with Crippen LogP contribution in [0.5, 0.6) is 0 Å². The lowest BCUT2D eigenvalue weighted by atomic mass is 9.95. The zero-order valence-electron chi connectivity index (χ0n) is 19.2. The molecule has 4 rings (SSSR count). The standard InChI is InChI=1S/C22H19ClF4N4O6S/c23-13-7-11(24)1-2-12(13)17-16(20(32)36-10-22(25,26)27)14(29-18(30-17)19-28-3-6-38-19)8-31-4-5-35-9-15(31)37-21(33)34/h1-3,6-7,15,17H,4-5,8-10H2,(H,29,30)(H,33,34)/t15-,17-/m0/s1. The van der Waals surface area contributed by atoms with Crippen LogP contribution in [0.25, 0.3) is 0 Å². The Morgan fingerprint density at radius 1 is 1.34 bits per heavy atom. The van der Waals surface area contributed by atoms with Gasteiger partial charge < -0.3 is 24.6 Å². The lowest BCUT2D eigenvalue weighted by molar-refractivity contribution is -0.183.